The maximum atomic E-state index is 5.05. The van der Waals surface area contributed by atoms with E-state index in [1.807, 2.05) is 60.7 Å². The van der Waals surface area contributed by atoms with E-state index in [1.54, 1.807) is 0 Å². The molecule has 4 heterocycles. The molecule has 0 saturated carbocycles. The fourth-order valence-electron chi connectivity index (χ4n) is 8.70. The van der Waals surface area contributed by atoms with Gasteiger partial charge in [-0.3, -0.25) is 0 Å². The second-order valence-electron chi connectivity index (χ2n) is 14.0. The zero-order valence-corrected chi connectivity index (χ0v) is 29.0. The van der Waals surface area contributed by atoms with Crippen LogP contribution >= 0.6 is 0 Å². The molecule has 0 atom stereocenters. The Balaban J connectivity index is 1.13. The Morgan fingerprint density at radius 3 is 1.56 bits per heavy atom. The zero-order chi connectivity index (χ0) is 35.3. The molecule has 0 saturated heterocycles. The van der Waals surface area contributed by atoms with Gasteiger partial charge in [-0.15, -0.1) is 0 Å². The van der Waals surface area contributed by atoms with Crippen molar-refractivity contribution in [2.75, 3.05) is 0 Å². The number of hydrogen-bond donors (Lipinski definition) is 0. The highest BCUT2D eigenvalue weighted by Crippen LogP contribution is 2.43. The first-order valence-corrected chi connectivity index (χ1v) is 18.3. The molecule has 4 aromatic heterocycles. The summed E-state index contributed by atoms with van der Waals surface area (Å²) in [6.45, 7) is 0. The minimum atomic E-state index is 0.634. The van der Waals surface area contributed by atoms with Crippen LogP contribution in [0.3, 0.4) is 0 Å². The molecule has 0 fully saturated rings. The SMILES string of the molecule is c1ccc(-c2nc(-c3ccccc3)nc(-c3cccc(-n4c5ccccc5c5cc6ccc7c8cccc9c%10ccccc%10n(c7c6cc54)c98)c3)n2)cc1. The third-order valence-electron chi connectivity index (χ3n) is 11.1. The van der Waals surface area contributed by atoms with Gasteiger partial charge in [0.05, 0.1) is 27.6 Å². The molecule has 0 aliphatic heterocycles. The van der Waals surface area contributed by atoms with E-state index in [9.17, 15) is 0 Å². The molecule has 250 valence electrons. The van der Waals surface area contributed by atoms with Gasteiger partial charge in [0.1, 0.15) is 0 Å². The Morgan fingerprint density at radius 1 is 0.315 bits per heavy atom. The number of rotatable bonds is 4. The molecule has 5 nitrogen and oxygen atoms in total. The summed E-state index contributed by atoms with van der Waals surface area (Å²) < 4.78 is 4.89. The lowest BCUT2D eigenvalue weighted by atomic mass is 10.0. The van der Waals surface area contributed by atoms with Crippen molar-refractivity contribution in [1.82, 2.24) is 23.9 Å². The van der Waals surface area contributed by atoms with Crippen LogP contribution in [0.1, 0.15) is 0 Å². The van der Waals surface area contributed by atoms with Crippen LogP contribution < -0.4 is 0 Å². The van der Waals surface area contributed by atoms with Gasteiger partial charge in [-0.1, -0.05) is 140 Å². The largest absolute Gasteiger partial charge is 0.309 e. The lowest BCUT2D eigenvalue weighted by Gasteiger charge is -2.12. The first-order valence-electron chi connectivity index (χ1n) is 18.3. The van der Waals surface area contributed by atoms with Crippen LogP contribution in [0.4, 0.5) is 0 Å². The molecule has 5 heteroatoms. The molecule has 0 aliphatic rings. The van der Waals surface area contributed by atoms with Crippen molar-refractivity contribution < 1.29 is 0 Å². The van der Waals surface area contributed by atoms with Crippen LogP contribution in [-0.2, 0) is 0 Å². The topological polar surface area (TPSA) is 48.0 Å². The van der Waals surface area contributed by atoms with Gasteiger partial charge in [-0.25, -0.2) is 15.0 Å². The highest BCUT2D eigenvalue weighted by atomic mass is 15.0. The van der Waals surface area contributed by atoms with Gasteiger partial charge in [0, 0.05) is 60.1 Å². The molecule has 54 heavy (non-hydrogen) atoms. The van der Waals surface area contributed by atoms with E-state index in [4.69, 9.17) is 15.0 Å². The van der Waals surface area contributed by atoms with Crippen LogP contribution in [0.15, 0.2) is 176 Å². The zero-order valence-electron chi connectivity index (χ0n) is 29.0. The molecule has 12 aromatic rings. The molecule has 0 N–H and O–H groups in total. The Kier molecular flexibility index (Phi) is 5.99. The van der Waals surface area contributed by atoms with Gasteiger partial charge in [0.15, 0.2) is 17.5 Å². The molecular formula is C49H29N5. The van der Waals surface area contributed by atoms with E-state index in [0.29, 0.717) is 17.5 Å². The third-order valence-corrected chi connectivity index (χ3v) is 11.1. The minimum Gasteiger partial charge on any atom is -0.309 e. The molecule has 12 rings (SSSR count). The van der Waals surface area contributed by atoms with Gasteiger partial charge in [-0.2, -0.15) is 0 Å². The van der Waals surface area contributed by atoms with Crippen LogP contribution in [0.25, 0.3) is 111 Å². The summed E-state index contributed by atoms with van der Waals surface area (Å²) in [5.41, 5.74) is 9.96. The summed E-state index contributed by atoms with van der Waals surface area (Å²) in [7, 11) is 0. The Hall–Kier alpha value is -7.37. The van der Waals surface area contributed by atoms with Gasteiger partial charge >= 0.3 is 0 Å². The van der Waals surface area contributed by atoms with Crippen LogP contribution in [0, 0.1) is 0 Å². The first kappa shape index (κ1) is 29.2. The van der Waals surface area contributed by atoms with E-state index < -0.39 is 0 Å². The van der Waals surface area contributed by atoms with Crippen molar-refractivity contribution in [3.8, 4) is 39.9 Å². The molecule has 0 unspecified atom stereocenters. The monoisotopic (exact) mass is 687 g/mol. The number of nitrogens with zero attached hydrogens (tertiary/aromatic N) is 5. The van der Waals surface area contributed by atoms with Crippen molar-refractivity contribution in [2.45, 2.75) is 0 Å². The molecule has 0 radical (unpaired) electrons. The Bertz CT molecular complexity index is 3370. The fraction of sp³-hybridized carbons (Fsp3) is 0. The average Bonchev–Trinajstić information content (AvgIpc) is 3.88. The summed E-state index contributed by atoms with van der Waals surface area (Å²) >= 11 is 0. The number of benzene rings is 8. The third kappa shape index (κ3) is 4.12. The smallest absolute Gasteiger partial charge is 0.164 e. The summed E-state index contributed by atoms with van der Waals surface area (Å²) in [5.74, 6) is 1.93. The second-order valence-corrected chi connectivity index (χ2v) is 14.0. The maximum Gasteiger partial charge on any atom is 0.164 e. The normalized spacial score (nSPS) is 12.1. The van der Waals surface area contributed by atoms with Crippen LogP contribution in [-0.4, -0.2) is 23.9 Å². The van der Waals surface area contributed by atoms with E-state index in [-0.39, 0.29) is 0 Å². The number of para-hydroxylation sites is 3. The van der Waals surface area contributed by atoms with Crippen molar-refractivity contribution in [3.05, 3.63) is 176 Å². The predicted octanol–water partition coefficient (Wildman–Crippen LogP) is 12.3. The summed E-state index contributed by atoms with van der Waals surface area (Å²) in [4.78, 5) is 15.0. The number of fused-ring (bicyclic) bond motifs is 11. The average molecular weight is 688 g/mol. The Labute approximate surface area is 309 Å². The van der Waals surface area contributed by atoms with E-state index in [0.717, 1.165) is 33.4 Å². The molecule has 0 spiro atoms. The van der Waals surface area contributed by atoms with E-state index in [1.165, 1.54) is 59.6 Å². The summed E-state index contributed by atoms with van der Waals surface area (Å²) in [6, 6.07) is 62.5. The number of hydrogen-bond acceptors (Lipinski definition) is 3. The van der Waals surface area contributed by atoms with Crippen molar-refractivity contribution in [1.29, 1.82) is 0 Å². The van der Waals surface area contributed by atoms with Gasteiger partial charge < -0.3 is 8.97 Å². The standard InChI is InChI=1S/C49H29N5/c1-3-13-30(14-4-1)47-50-48(31-15-5-2-6-16-31)52-49(51-47)33-17-11-18-34(27-33)53-42-23-9-8-20-36(42)41-28-32-25-26-39-38-22-12-21-37-35-19-7-10-24-43(35)54(45(37)38)46(39)40(32)29-44(41)53/h1-29H. The molecular weight excluding hydrogens is 659 g/mol. The van der Waals surface area contributed by atoms with Gasteiger partial charge in [-0.05, 0) is 41.8 Å². The molecule has 0 amide bonds. The van der Waals surface area contributed by atoms with Crippen molar-refractivity contribution >= 4 is 70.7 Å². The van der Waals surface area contributed by atoms with Gasteiger partial charge in [0.2, 0.25) is 0 Å². The maximum absolute atomic E-state index is 5.05. The first-order chi connectivity index (χ1) is 26.8. The van der Waals surface area contributed by atoms with Crippen LogP contribution in [0.2, 0.25) is 0 Å². The summed E-state index contributed by atoms with van der Waals surface area (Å²) in [6.07, 6.45) is 0. The van der Waals surface area contributed by atoms with E-state index in [2.05, 4.69) is 124 Å². The predicted molar refractivity (Wildman–Crippen MR) is 223 cm³/mol. The van der Waals surface area contributed by atoms with Crippen molar-refractivity contribution in [3.63, 3.8) is 0 Å². The number of aromatic nitrogens is 5. The quantitative estimate of drug-likeness (QED) is 0.185. The lowest BCUT2D eigenvalue weighted by Crippen LogP contribution is -2.01. The molecule has 0 aliphatic carbocycles. The van der Waals surface area contributed by atoms with Crippen LogP contribution in [0.5, 0.6) is 0 Å². The fourth-order valence-corrected chi connectivity index (χ4v) is 8.70. The lowest BCUT2D eigenvalue weighted by molar-refractivity contribution is 1.07. The highest BCUT2D eigenvalue weighted by Gasteiger charge is 2.21. The molecule has 0 bridgehead atoms. The molecule has 8 aromatic carbocycles. The van der Waals surface area contributed by atoms with Crippen molar-refractivity contribution in [2.24, 2.45) is 0 Å². The highest BCUT2D eigenvalue weighted by molar-refractivity contribution is 6.28. The van der Waals surface area contributed by atoms with E-state index >= 15 is 0 Å². The minimum absolute atomic E-state index is 0.634. The summed E-state index contributed by atoms with van der Waals surface area (Å²) in [5, 5.41) is 10.0. The van der Waals surface area contributed by atoms with Gasteiger partial charge in [0.25, 0.3) is 0 Å². The Morgan fingerprint density at radius 2 is 0.833 bits per heavy atom. The second kappa shape index (κ2) is 11.1.